The minimum Gasteiger partial charge on any atom is -0.457 e. The number of amides is 1. The van der Waals surface area contributed by atoms with Crippen molar-refractivity contribution in [1.29, 1.82) is 0 Å². The van der Waals surface area contributed by atoms with E-state index < -0.39 is 0 Å². The molecule has 1 aliphatic carbocycles. The maximum absolute atomic E-state index is 12.6. The second-order valence-electron chi connectivity index (χ2n) is 5.92. The first-order valence-corrected chi connectivity index (χ1v) is 8.11. The van der Waals surface area contributed by atoms with Gasteiger partial charge in [-0.2, -0.15) is 0 Å². The van der Waals surface area contributed by atoms with Crippen molar-refractivity contribution in [1.82, 2.24) is 5.32 Å². The minimum atomic E-state index is -0.0955. The fourth-order valence-electron chi connectivity index (χ4n) is 3.11. The normalized spacial score (nSPS) is 19.4. The van der Waals surface area contributed by atoms with E-state index in [1.54, 1.807) is 6.07 Å². The summed E-state index contributed by atoms with van der Waals surface area (Å²) in [6.45, 7) is 0.618. The molecule has 2 aromatic carbocycles. The Morgan fingerprint density at radius 1 is 1.08 bits per heavy atom. The van der Waals surface area contributed by atoms with Gasteiger partial charge in [0.25, 0.3) is 5.91 Å². The predicted molar refractivity (Wildman–Crippen MR) is 97.9 cm³/mol. The van der Waals surface area contributed by atoms with Crippen LogP contribution in [0.1, 0.15) is 29.6 Å². The van der Waals surface area contributed by atoms with Gasteiger partial charge in [0.1, 0.15) is 11.5 Å². The summed E-state index contributed by atoms with van der Waals surface area (Å²) in [6.07, 6.45) is 3.20. The first-order chi connectivity index (χ1) is 11.3. The Hall–Kier alpha value is -2.04. The van der Waals surface area contributed by atoms with Crippen molar-refractivity contribution < 1.29 is 9.53 Å². The zero-order valence-electron chi connectivity index (χ0n) is 13.5. The average molecular weight is 347 g/mol. The fraction of sp³-hybridized carbons (Fsp3) is 0.316. The van der Waals surface area contributed by atoms with Crippen LogP contribution >= 0.6 is 12.4 Å². The second kappa shape index (κ2) is 8.71. The molecule has 1 saturated carbocycles. The smallest absolute Gasteiger partial charge is 0.255 e. The minimum absolute atomic E-state index is 0. The maximum atomic E-state index is 12.6. The third kappa shape index (κ3) is 4.28. The molecule has 4 nitrogen and oxygen atoms in total. The van der Waals surface area contributed by atoms with Gasteiger partial charge in [-0.3, -0.25) is 4.79 Å². The van der Waals surface area contributed by atoms with E-state index >= 15 is 0 Å². The SMILES string of the molecule is Cl.NCC1CCCC1NC(=O)c1ccccc1Oc1ccccc1. The van der Waals surface area contributed by atoms with Gasteiger partial charge in [-0.15, -0.1) is 12.4 Å². The quantitative estimate of drug-likeness (QED) is 0.866. The van der Waals surface area contributed by atoms with Crippen molar-refractivity contribution in [3.05, 3.63) is 60.2 Å². The Balaban J connectivity index is 0.00000208. The standard InChI is InChI=1S/C19H22N2O2.ClH/c20-13-14-7-6-11-17(14)21-19(22)16-10-4-5-12-18(16)23-15-8-2-1-3-9-15;/h1-5,8-10,12,14,17H,6-7,11,13,20H2,(H,21,22);1H. The summed E-state index contributed by atoms with van der Waals surface area (Å²) in [5, 5.41) is 3.12. The molecule has 0 bridgehead atoms. The molecule has 1 fully saturated rings. The monoisotopic (exact) mass is 346 g/mol. The van der Waals surface area contributed by atoms with E-state index in [4.69, 9.17) is 10.5 Å². The molecule has 1 amide bonds. The van der Waals surface area contributed by atoms with Gasteiger partial charge in [0.05, 0.1) is 5.56 Å². The number of carbonyl (C=O) groups is 1. The summed E-state index contributed by atoms with van der Waals surface area (Å²) in [5.41, 5.74) is 6.35. The summed E-state index contributed by atoms with van der Waals surface area (Å²) < 4.78 is 5.86. The summed E-state index contributed by atoms with van der Waals surface area (Å²) >= 11 is 0. The van der Waals surface area contributed by atoms with Crippen LogP contribution in [0.2, 0.25) is 0 Å². The fourth-order valence-corrected chi connectivity index (χ4v) is 3.11. The van der Waals surface area contributed by atoms with E-state index in [1.165, 1.54) is 0 Å². The van der Waals surface area contributed by atoms with Crippen molar-refractivity contribution in [2.45, 2.75) is 25.3 Å². The molecule has 2 atom stereocenters. The van der Waals surface area contributed by atoms with Gasteiger partial charge in [0, 0.05) is 6.04 Å². The lowest BCUT2D eigenvalue weighted by Gasteiger charge is -2.20. The Labute approximate surface area is 148 Å². The predicted octanol–water partition coefficient (Wildman–Crippen LogP) is 3.76. The van der Waals surface area contributed by atoms with E-state index in [-0.39, 0.29) is 24.4 Å². The molecular formula is C19H23ClN2O2. The zero-order valence-corrected chi connectivity index (χ0v) is 14.3. The van der Waals surface area contributed by atoms with Crippen LogP contribution in [0.3, 0.4) is 0 Å². The molecule has 0 spiro atoms. The highest BCUT2D eigenvalue weighted by atomic mass is 35.5. The number of rotatable bonds is 5. The molecule has 3 rings (SSSR count). The number of nitrogens with two attached hydrogens (primary N) is 1. The molecule has 128 valence electrons. The van der Waals surface area contributed by atoms with E-state index in [1.807, 2.05) is 48.5 Å². The van der Waals surface area contributed by atoms with Gasteiger partial charge in [-0.25, -0.2) is 0 Å². The number of halogens is 1. The molecule has 0 aromatic heterocycles. The highest BCUT2D eigenvalue weighted by Crippen LogP contribution is 2.27. The second-order valence-corrected chi connectivity index (χ2v) is 5.92. The van der Waals surface area contributed by atoms with Crippen molar-refractivity contribution in [2.75, 3.05) is 6.54 Å². The Kier molecular flexibility index (Phi) is 6.64. The summed E-state index contributed by atoms with van der Waals surface area (Å²) in [7, 11) is 0. The summed E-state index contributed by atoms with van der Waals surface area (Å²) in [5.74, 6) is 1.56. The summed E-state index contributed by atoms with van der Waals surface area (Å²) in [6, 6.07) is 17.0. The van der Waals surface area contributed by atoms with Crippen LogP contribution in [-0.2, 0) is 0 Å². The number of para-hydroxylation sites is 2. The lowest BCUT2D eigenvalue weighted by Crippen LogP contribution is -2.39. The van der Waals surface area contributed by atoms with Gasteiger partial charge in [0.2, 0.25) is 0 Å². The number of hydrogen-bond acceptors (Lipinski definition) is 3. The van der Waals surface area contributed by atoms with Gasteiger partial charge >= 0.3 is 0 Å². The Bertz CT molecular complexity index is 663. The molecule has 24 heavy (non-hydrogen) atoms. The first-order valence-electron chi connectivity index (χ1n) is 8.11. The molecule has 0 radical (unpaired) electrons. The number of hydrogen-bond donors (Lipinski definition) is 2. The van der Waals surface area contributed by atoms with Crippen LogP contribution in [0.15, 0.2) is 54.6 Å². The molecular weight excluding hydrogens is 324 g/mol. The number of ether oxygens (including phenoxy) is 1. The van der Waals surface area contributed by atoms with Crippen LogP contribution in [0.4, 0.5) is 0 Å². The van der Waals surface area contributed by atoms with Crippen LogP contribution in [0.25, 0.3) is 0 Å². The van der Waals surface area contributed by atoms with Crippen molar-refractivity contribution in [3.63, 3.8) is 0 Å². The third-order valence-corrected chi connectivity index (χ3v) is 4.38. The topological polar surface area (TPSA) is 64.3 Å². The van der Waals surface area contributed by atoms with Gasteiger partial charge in [-0.05, 0) is 49.6 Å². The van der Waals surface area contributed by atoms with E-state index in [9.17, 15) is 4.79 Å². The van der Waals surface area contributed by atoms with E-state index in [0.717, 1.165) is 19.3 Å². The number of carbonyl (C=O) groups excluding carboxylic acids is 1. The van der Waals surface area contributed by atoms with Crippen LogP contribution in [-0.4, -0.2) is 18.5 Å². The number of benzene rings is 2. The van der Waals surface area contributed by atoms with Crippen LogP contribution in [0.5, 0.6) is 11.5 Å². The molecule has 0 saturated heterocycles. The van der Waals surface area contributed by atoms with Gasteiger partial charge in [0.15, 0.2) is 0 Å². The first kappa shape index (κ1) is 18.3. The van der Waals surface area contributed by atoms with Gasteiger partial charge in [-0.1, -0.05) is 36.8 Å². The van der Waals surface area contributed by atoms with E-state index in [0.29, 0.717) is 29.5 Å². The van der Waals surface area contributed by atoms with Crippen molar-refractivity contribution in [2.24, 2.45) is 11.7 Å². The average Bonchev–Trinajstić information content (AvgIpc) is 3.03. The molecule has 2 unspecified atom stereocenters. The van der Waals surface area contributed by atoms with E-state index in [2.05, 4.69) is 5.32 Å². The maximum Gasteiger partial charge on any atom is 0.255 e. The van der Waals surface area contributed by atoms with Crippen molar-refractivity contribution >= 4 is 18.3 Å². The number of nitrogens with one attached hydrogen (secondary N) is 1. The molecule has 3 N–H and O–H groups in total. The molecule has 5 heteroatoms. The van der Waals surface area contributed by atoms with Crippen molar-refractivity contribution in [3.8, 4) is 11.5 Å². The zero-order chi connectivity index (χ0) is 16.1. The molecule has 1 aliphatic rings. The lowest BCUT2D eigenvalue weighted by atomic mass is 10.0. The summed E-state index contributed by atoms with van der Waals surface area (Å²) in [4.78, 5) is 12.6. The molecule has 2 aromatic rings. The highest BCUT2D eigenvalue weighted by molar-refractivity contribution is 5.97. The highest BCUT2D eigenvalue weighted by Gasteiger charge is 2.28. The molecule has 0 heterocycles. The van der Waals surface area contributed by atoms with Gasteiger partial charge < -0.3 is 15.8 Å². The van der Waals surface area contributed by atoms with Crippen LogP contribution in [0, 0.1) is 5.92 Å². The molecule has 0 aliphatic heterocycles. The largest absolute Gasteiger partial charge is 0.457 e. The Morgan fingerprint density at radius 3 is 2.54 bits per heavy atom. The van der Waals surface area contributed by atoms with Crippen LogP contribution < -0.4 is 15.8 Å². The lowest BCUT2D eigenvalue weighted by molar-refractivity contribution is 0.0926. The third-order valence-electron chi connectivity index (χ3n) is 4.38. The Morgan fingerprint density at radius 2 is 1.79 bits per heavy atom.